The van der Waals surface area contributed by atoms with Gasteiger partial charge in [0.15, 0.2) is 5.88 Å². The molecule has 0 spiro atoms. The summed E-state index contributed by atoms with van der Waals surface area (Å²) >= 11 is 0. The van der Waals surface area contributed by atoms with E-state index in [2.05, 4.69) is 143 Å². The number of para-hydroxylation sites is 1. The van der Waals surface area contributed by atoms with E-state index in [0.29, 0.717) is 5.88 Å². The number of hydrogen-bond donors (Lipinski definition) is 2. The lowest BCUT2D eigenvalue weighted by Crippen LogP contribution is -2.30. The van der Waals surface area contributed by atoms with Gasteiger partial charge in [0.25, 0.3) is 0 Å². The molecule has 2 aromatic heterocycles. The van der Waals surface area contributed by atoms with Crippen molar-refractivity contribution in [2.75, 3.05) is 5.32 Å². The molecule has 2 unspecified atom stereocenters. The van der Waals surface area contributed by atoms with Gasteiger partial charge < -0.3 is 20.0 Å². The smallest absolute Gasteiger partial charge is 0.194 e. The van der Waals surface area contributed by atoms with Crippen LogP contribution >= 0.6 is 0 Å². The highest BCUT2D eigenvalue weighted by molar-refractivity contribution is 6.28. The number of rotatable bonds is 6. The minimum Gasteiger partial charge on any atom is -0.441 e. The predicted molar refractivity (Wildman–Crippen MR) is 199 cm³/mol. The average molecular weight is 618 g/mol. The summed E-state index contributed by atoms with van der Waals surface area (Å²) in [5.41, 5.74) is 19.1. The molecule has 48 heavy (non-hydrogen) atoms. The molecule has 0 radical (unpaired) electrons. The molecule has 0 aliphatic heterocycles. The van der Waals surface area contributed by atoms with Crippen LogP contribution in [0.1, 0.15) is 17.8 Å². The van der Waals surface area contributed by atoms with Gasteiger partial charge in [0.1, 0.15) is 11.7 Å². The fourth-order valence-corrected chi connectivity index (χ4v) is 8.02. The van der Waals surface area contributed by atoms with Crippen LogP contribution in [0.3, 0.4) is 0 Å². The van der Waals surface area contributed by atoms with Crippen molar-refractivity contribution in [2.45, 2.75) is 12.2 Å². The van der Waals surface area contributed by atoms with E-state index in [0.717, 1.165) is 27.6 Å². The number of fused-ring (bicyclic) bond motifs is 3. The molecule has 10 rings (SSSR count). The second kappa shape index (κ2) is 10.5. The number of nitrogens with zero attached hydrogens (tertiary/aromatic N) is 1. The quantitative estimate of drug-likeness (QED) is 0.195. The van der Waals surface area contributed by atoms with Gasteiger partial charge in [0.2, 0.25) is 0 Å². The summed E-state index contributed by atoms with van der Waals surface area (Å²) in [4.78, 5) is 0. The van der Waals surface area contributed by atoms with Crippen molar-refractivity contribution in [1.29, 1.82) is 0 Å². The van der Waals surface area contributed by atoms with Crippen molar-refractivity contribution >= 4 is 49.4 Å². The van der Waals surface area contributed by atoms with Crippen LogP contribution < -0.4 is 11.1 Å². The van der Waals surface area contributed by atoms with E-state index in [1.165, 1.54) is 54.9 Å². The summed E-state index contributed by atoms with van der Waals surface area (Å²) in [7, 11) is 0. The van der Waals surface area contributed by atoms with Crippen molar-refractivity contribution in [3.8, 4) is 33.4 Å². The Morgan fingerprint density at radius 2 is 1.17 bits per heavy atom. The molecule has 0 bridgehead atoms. The lowest BCUT2D eigenvalue weighted by Gasteiger charge is -2.28. The summed E-state index contributed by atoms with van der Waals surface area (Å²) in [6, 6.07) is 55.7. The third-order valence-corrected chi connectivity index (χ3v) is 10.1. The Morgan fingerprint density at radius 3 is 1.96 bits per heavy atom. The Kier molecular flexibility index (Phi) is 5.90. The molecule has 1 aliphatic rings. The molecule has 7 aromatic carbocycles. The first-order valence-corrected chi connectivity index (χ1v) is 16.5. The Hall–Kier alpha value is -6.10. The molecule has 9 aromatic rings. The van der Waals surface area contributed by atoms with Gasteiger partial charge in [0, 0.05) is 27.8 Å². The highest BCUT2D eigenvalue weighted by atomic mass is 16.3. The van der Waals surface area contributed by atoms with Gasteiger partial charge in [-0.3, -0.25) is 0 Å². The van der Waals surface area contributed by atoms with E-state index < -0.39 is 6.17 Å². The van der Waals surface area contributed by atoms with Gasteiger partial charge >= 0.3 is 0 Å². The monoisotopic (exact) mass is 617 g/mol. The maximum atomic E-state index is 7.53. The number of aromatic nitrogens is 1. The number of anilines is 1. The number of nitrogens with one attached hydrogen (secondary N) is 1. The van der Waals surface area contributed by atoms with Crippen molar-refractivity contribution in [2.24, 2.45) is 5.73 Å². The normalized spacial score (nSPS) is 13.4. The van der Waals surface area contributed by atoms with Crippen LogP contribution in [-0.4, -0.2) is 4.57 Å². The molecule has 1 aliphatic carbocycles. The predicted octanol–water partition coefficient (Wildman–Crippen LogP) is 11.3. The first kappa shape index (κ1) is 27.1. The fourth-order valence-electron chi connectivity index (χ4n) is 8.02. The lowest BCUT2D eigenvalue weighted by atomic mass is 9.89. The molecule has 4 heteroatoms. The first-order valence-electron chi connectivity index (χ1n) is 16.5. The largest absolute Gasteiger partial charge is 0.441 e. The minimum atomic E-state index is -0.475. The third kappa shape index (κ3) is 3.93. The molecule has 2 heterocycles. The van der Waals surface area contributed by atoms with Crippen LogP contribution in [0.2, 0.25) is 0 Å². The van der Waals surface area contributed by atoms with Gasteiger partial charge in [-0.2, -0.15) is 0 Å². The van der Waals surface area contributed by atoms with Crippen molar-refractivity contribution in [3.05, 3.63) is 163 Å². The standard InChI is InChI=1S/C44H31N3O/c45-44(43(29-14-5-2-6-15-29)46-38-26-30-16-7-8-23-37(30)48-38)47-35-22-11-20-33-32-19-9-17-28-18-10-21-34(39(28)32)40-31(27-12-3-1-4-13-27)24-25-36(47)42(40)41(33)35/h1-26,43-44,46H,45H2. The summed E-state index contributed by atoms with van der Waals surface area (Å²) in [5.74, 6) is 0.690. The van der Waals surface area contributed by atoms with E-state index in [-0.39, 0.29) is 6.04 Å². The molecule has 3 N–H and O–H groups in total. The van der Waals surface area contributed by atoms with Crippen LogP contribution in [-0.2, 0) is 0 Å². The number of hydrogen-bond acceptors (Lipinski definition) is 3. The maximum absolute atomic E-state index is 7.53. The molecule has 0 saturated heterocycles. The van der Waals surface area contributed by atoms with Crippen LogP contribution in [0.25, 0.3) is 76.9 Å². The number of benzene rings is 7. The van der Waals surface area contributed by atoms with Crippen LogP contribution in [0.4, 0.5) is 5.88 Å². The van der Waals surface area contributed by atoms with Crippen LogP contribution in [0.15, 0.2) is 162 Å². The van der Waals surface area contributed by atoms with Gasteiger partial charge in [0.05, 0.1) is 17.1 Å². The SMILES string of the molecule is NC(C(Nc1cc2ccccc2o1)c1ccccc1)n1c2cccc3c2c2c(c(-c4ccccc4)ccc21)-c1cccc2cccc-3c12. The van der Waals surface area contributed by atoms with E-state index in [4.69, 9.17) is 10.2 Å². The van der Waals surface area contributed by atoms with E-state index in [1.54, 1.807) is 0 Å². The molecule has 4 nitrogen and oxygen atoms in total. The topological polar surface area (TPSA) is 56.1 Å². The highest BCUT2D eigenvalue weighted by Crippen LogP contribution is 2.52. The lowest BCUT2D eigenvalue weighted by molar-refractivity contribution is 0.466. The molecule has 228 valence electrons. The zero-order valence-corrected chi connectivity index (χ0v) is 26.1. The number of furan rings is 1. The van der Waals surface area contributed by atoms with Gasteiger partial charge in [-0.25, -0.2) is 0 Å². The Labute approximate surface area is 277 Å². The molecular formula is C44H31N3O. The van der Waals surface area contributed by atoms with Crippen molar-refractivity contribution < 1.29 is 4.42 Å². The Morgan fingerprint density at radius 1 is 0.521 bits per heavy atom. The van der Waals surface area contributed by atoms with Gasteiger partial charge in [-0.15, -0.1) is 0 Å². The summed E-state index contributed by atoms with van der Waals surface area (Å²) in [5, 5.41) is 9.76. The third-order valence-electron chi connectivity index (χ3n) is 10.1. The van der Waals surface area contributed by atoms with Crippen molar-refractivity contribution in [1.82, 2.24) is 4.57 Å². The summed E-state index contributed by atoms with van der Waals surface area (Å²) in [6.07, 6.45) is -0.475. The highest BCUT2D eigenvalue weighted by Gasteiger charge is 2.31. The van der Waals surface area contributed by atoms with Gasteiger partial charge in [-0.05, 0) is 62.4 Å². The van der Waals surface area contributed by atoms with Gasteiger partial charge in [-0.1, -0.05) is 133 Å². The second-order valence-electron chi connectivity index (χ2n) is 12.7. The first-order chi connectivity index (χ1) is 23.7. The molecule has 0 amide bonds. The fraction of sp³-hybridized carbons (Fsp3) is 0.0455. The molecule has 2 atom stereocenters. The molecular weight excluding hydrogens is 587 g/mol. The average Bonchev–Trinajstić information content (AvgIpc) is 3.68. The molecule has 0 fully saturated rings. The minimum absolute atomic E-state index is 0.287. The van der Waals surface area contributed by atoms with E-state index in [9.17, 15) is 0 Å². The zero-order valence-electron chi connectivity index (χ0n) is 26.1. The molecule has 0 saturated carbocycles. The second-order valence-corrected chi connectivity index (χ2v) is 12.7. The maximum Gasteiger partial charge on any atom is 0.194 e. The summed E-state index contributed by atoms with van der Waals surface area (Å²) < 4.78 is 8.63. The zero-order chi connectivity index (χ0) is 31.8. The van der Waals surface area contributed by atoms with Crippen LogP contribution in [0.5, 0.6) is 0 Å². The van der Waals surface area contributed by atoms with E-state index >= 15 is 0 Å². The van der Waals surface area contributed by atoms with E-state index in [1.807, 2.05) is 24.3 Å². The van der Waals surface area contributed by atoms with Crippen LogP contribution in [0, 0.1) is 0 Å². The number of nitrogens with two attached hydrogens (primary N) is 1. The Balaban J connectivity index is 1.28. The van der Waals surface area contributed by atoms with Crippen molar-refractivity contribution in [3.63, 3.8) is 0 Å². The Bertz CT molecular complexity index is 2630. The summed E-state index contributed by atoms with van der Waals surface area (Å²) in [6.45, 7) is 0.